The lowest BCUT2D eigenvalue weighted by molar-refractivity contribution is -0.139. The van der Waals surface area contributed by atoms with Crippen LogP contribution >= 0.6 is 12.4 Å². The van der Waals surface area contributed by atoms with Crippen molar-refractivity contribution in [1.82, 2.24) is 4.90 Å². The molecule has 7 heteroatoms. The molecule has 0 unspecified atom stereocenters. The molecule has 0 radical (unpaired) electrons. The van der Waals surface area contributed by atoms with Gasteiger partial charge in [0.25, 0.3) is 0 Å². The van der Waals surface area contributed by atoms with Crippen molar-refractivity contribution >= 4 is 29.9 Å². The molecule has 1 saturated heterocycles. The van der Waals surface area contributed by atoms with Gasteiger partial charge in [-0.2, -0.15) is 0 Å². The van der Waals surface area contributed by atoms with Gasteiger partial charge in [0.05, 0.1) is 18.3 Å². The third-order valence-electron chi connectivity index (χ3n) is 5.44. The Morgan fingerprint density at radius 1 is 1.19 bits per heavy atom. The lowest BCUT2D eigenvalue weighted by Crippen LogP contribution is -2.55. The molecule has 0 spiro atoms. The number of hydrogen-bond acceptors (Lipinski definition) is 4. The highest BCUT2D eigenvalue weighted by molar-refractivity contribution is 5.94. The number of nitrogens with two attached hydrogens (primary N) is 1. The first-order valence-corrected chi connectivity index (χ1v) is 9.05. The molecule has 1 aliphatic heterocycles. The van der Waals surface area contributed by atoms with Gasteiger partial charge in [0.1, 0.15) is 5.75 Å². The molecule has 2 amide bonds. The number of anilines is 1. The molecule has 1 aliphatic carbocycles. The number of methoxy groups -OCH3 is 1. The molecule has 6 nitrogen and oxygen atoms in total. The van der Waals surface area contributed by atoms with Crippen LogP contribution in [0.3, 0.4) is 0 Å². The number of halogens is 1. The average Bonchev–Trinajstić information content (AvgIpc) is 3.09. The van der Waals surface area contributed by atoms with E-state index in [9.17, 15) is 9.59 Å². The molecular formula is C19H28ClN3O3. The Bertz CT molecular complexity index is 639. The molecule has 1 aromatic carbocycles. The van der Waals surface area contributed by atoms with Crippen molar-refractivity contribution in [2.75, 3.05) is 25.5 Å². The van der Waals surface area contributed by atoms with E-state index in [0.717, 1.165) is 25.7 Å². The molecule has 0 aromatic heterocycles. The van der Waals surface area contributed by atoms with Crippen molar-refractivity contribution in [3.63, 3.8) is 0 Å². The van der Waals surface area contributed by atoms with Crippen LogP contribution in [0.2, 0.25) is 0 Å². The Morgan fingerprint density at radius 2 is 1.81 bits per heavy atom. The Kier molecular flexibility index (Phi) is 6.89. The van der Waals surface area contributed by atoms with E-state index in [4.69, 9.17) is 10.5 Å². The van der Waals surface area contributed by atoms with Crippen molar-refractivity contribution in [3.8, 4) is 5.75 Å². The fourth-order valence-corrected chi connectivity index (χ4v) is 3.86. The molecule has 1 saturated carbocycles. The summed E-state index contributed by atoms with van der Waals surface area (Å²) < 4.78 is 5.27. The van der Waals surface area contributed by atoms with Crippen LogP contribution in [0.25, 0.3) is 0 Å². The van der Waals surface area contributed by atoms with Gasteiger partial charge in [-0.3, -0.25) is 9.59 Å². The minimum atomic E-state index is -0.674. The first kappa shape index (κ1) is 20.5. The highest BCUT2D eigenvalue weighted by Gasteiger charge is 2.41. The molecule has 1 aromatic rings. The number of amides is 2. The third kappa shape index (κ3) is 4.30. The Hall–Kier alpha value is -1.79. The maximum Gasteiger partial charge on any atom is 0.242 e. The van der Waals surface area contributed by atoms with Crippen molar-refractivity contribution in [1.29, 1.82) is 0 Å². The van der Waals surface area contributed by atoms with Gasteiger partial charge in [0.2, 0.25) is 11.8 Å². The largest absolute Gasteiger partial charge is 0.495 e. The summed E-state index contributed by atoms with van der Waals surface area (Å²) in [6.07, 6.45) is 4.95. The predicted molar refractivity (Wildman–Crippen MR) is 104 cm³/mol. The highest BCUT2D eigenvalue weighted by Crippen LogP contribution is 2.31. The lowest BCUT2D eigenvalue weighted by Gasteiger charge is -2.36. The zero-order valence-corrected chi connectivity index (χ0v) is 16.0. The second-order valence-corrected chi connectivity index (χ2v) is 7.12. The molecule has 1 heterocycles. The van der Waals surface area contributed by atoms with E-state index in [0.29, 0.717) is 37.4 Å². The second kappa shape index (κ2) is 8.73. The van der Waals surface area contributed by atoms with E-state index < -0.39 is 5.54 Å². The molecule has 26 heavy (non-hydrogen) atoms. The third-order valence-corrected chi connectivity index (χ3v) is 5.44. The maximum atomic E-state index is 12.7. The van der Waals surface area contributed by atoms with Crippen LogP contribution in [0.15, 0.2) is 24.3 Å². The smallest absolute Gasteiger partial charge is 0.242 e. The highest BCUT2D eigenvalue weighted by atomic mass is 35.5. The van der Waals surface area contributed by atoms with Crippen LogP contribution in [0.4, 0.5) is 5.69 Å². The minimum absolute atomic E-state index is 0. The average molecular weight is 382 g/mol. The van der Waals surface area contributed by atoms with Gasteiger partial charge in [0, 0.05) is 19.0 Å². The van der Waals surface area contributed by atoms with Crippen LogP contribution in [-0.4, -0.2) is 42.5 Å². The number of nitrogens with one attached hydrogen (secondary N) is 1. The van der Waals surface area contributed by atoms with Crippen molar-refractivity contribution < 1.29 is 14.3 Å². The first-order chi connectivity index (χ1) is 12.0. The number of carbonyl (C=O) groups excluding carboxylic acids is 2. The summed E-state index contributed by atoms with van der Waals surface area (Å²) in [5.74, 6) is 0.606. The minimum Gasteiger partial charge on any atom is -0.495 e. The van der Waals surface area contributed by atoms with Crippen LogP contribution in [0, 0.1) is 5.92 Å². The summed E-state index contributed by atoms with van der Waals surface area (Å²) in [7, 11) is 1.58. The Morgan fingerprint density at radius 3 is 2.42 bits per heavy atom. The van der Waals surface area contributed by atoms with E-state index in [1.54, 1.807) is 7.11 Å². The fraction of sp³-hybridized carbons (Fsp3) is 0.579. The summed E-state index contributed by atoms with van der Waals surface area (Å²) in [4.78, 5) is 27.0. The molecule has 2 aliphatic rings. The van der Waals surface area contributed by atoms with E-state index in [1.165, 1.54) is 0 Å². The molecule has 144 valence electrons. The van der Waals surface area contributed by atoms with Gasteiger partial charge < -0.3 is 20.7 Å². The monoisotopic (exact) mass is 381 g/mol. The summed E-state index contributed by atoms with van der Waals surface area (Å²) in [5.41, 5.74) is 6.28. The standard InChI is InChI=1S/C19H27N3O3.ClH/c1-25-16-7-3-2-6-15(16)21-17(23)14-8-12-22(13-9-14)18(24)19(20)10-4-5-11-19;/h2-3,6-7,14H,4-5,8-13,20H2,1H3,(H,21,23);1H. The molecule has 2 fully saturated rings. The molecule has 3 N–H and O–H groups in total. The number of piperidine rings is 1. The van der Waals surface area contributed by atoms with Crippen LogP contribution in [-0.2, 0) is 9.59 Å². The van der Waals surface area contributed by atoms with Gasteiger partial charge >= 0.3 is 0 Å². The fourth-order valence-electron chi connectivity index (χ4n) is 3.86. The number of benzene rings is 1. The van der Waals surface area contributed by atoms with Crippen molar-refractivity contribution in [3.05, 3.63) is 24.3 Å². The van der Waals surface area contributed by atoms with Gasteiger partial charge in [-0.25, -0.2) is 0 Å². The van der Waals surface area contributed by atoms with Crippen LogP contribution in [0.1, 0.15) is 38.5 Å². The van der Waals surface area contributed by atoms with E-state index in [1.807, 2.05) is 29.2 Å². The zero-order valence-electron chi connectivity index (χ0n) is 15.2. The number of ether oxygens (including phenoxy) is 1. The number of carbonyl (C=O) groups is 2. The SMILES string of the molecule is COc1ccccc1NC(=O)C1CCN(C(=O)C2(N)CCCC2)CC1.Cl. The summed E-state index contributed by atoms with van der Waals surface area (Å²) in [5, 5.41) is 2.95. The van der Waals surface area contributed by atoms with Gasteiger partial charge in [-0.05, 0) is 37.8 Å². The van der Waals surface area contributed by atoms with E-state index >= 15 is 0 Å². The molecule has 0 atom stereocenters. The maximum absolute atomic E-state index is 12.7. The Labute approximate surface area is 160 Å². The van der Waals surface area contributed by atoms with Gasteiger partial charge in [-0.1, -0.05) is 25.0 Å². The lowest BCUT2D eigenvalue weighted by atomic mass is 9.92. The topological polar surface area (TPSA) is 84.7 Å². The van der Waals surface area contributed by atoms with Crippen LogP contribution in [0.5, 0.6) is 5.75 Å². The summed E-state index contributed by atoms with van der Waals surface area (Å²) >= 11 is 0. The molecular weight excluding hydrogens is 354 g/mol. The number of para-hydroxylation sites is 2. The molecule has 0 bridgehead atoms. The normalized spacial score (nSPS) is 19.5. The first-order valence-electron chi connectivity index (χ1n) is 9.05. The predicted octanol–water partition coefficient (Wildman–Crippen LogP) is 2.57. The van der Waals surface area contributed by atoms with Crippen molar-refractivity contribution in [2.45, 2.75) is 44.1 Å². The number of hydrogen-bond donors (Lipinski definition) is 2. The van der Waals surface area contributed by atoms with Crippen molar-refractivity contribution in [2.24, 2.45) is 11.7 Å². The molecule has 3 rings (SSSR count). The van der Waals surface area contributed by atoms with Crippen LogP contribution < -0.4 is 15.8 Å². The van der Waals surface area contributed by atoms with Gasteiger partial charge in [-0.15, -0.1) is 12.4 Å². The quantitative estimate of drug-likeness (QED) is 0.839. The number of rotatable bonds is 4. The Balaban J connectivity index is 0.00000243. The number of nitrogens with zero attached hydrogens (tertiary/aromatic N) is 1. The van der Waals surface area contributed by atoms with E-state index in [2.05, 4.69) is 5.32 Å². The summed E-state index contributed by atoms with van der Waals surface area (Å²) in [6, 6.07) is 7.37. The number of likely N-dealkylation sites (tertiary alicyclic amines) is 1. The zero-order chi connectivity index (χ0) is 17.9. The van der Waals surface area contributed by atoms with E-state index in [-0.39, 0.29) is 30.1 Å². The summed E-state index contributed by atoms with van der Waals surface area (Å²) in [6.45, 7) is 1.20. The second-order valence-electron chi connectivity index (χ2n) is 7.12. The van der Waals surface area contributed by atoms with Gasteiger partial charge in [0.15, 0.2) is 0 Å².